The first-order valence-electron chi connectivity index (χ1n) is 10.4. The summed E-state index contributed by atoms with van der Waals surface area (Å²) >= 11 is 0. The highest BCUT2D eigenvalue weighted by molar-refractivity contribution is 5.99. The summed E-state index contributed by atoms with van der Waals surface area (Å²) in [5, 5.41) is 3.25. The minimum atomic E-state index is -0.637. The zero-order valence-corrected chi connectivity index (χ0v) is 17.6. The predicted octanol–water partition coefficient (Wildman–Crippen LogP) is 3.01. The Morgan fingerprint density at radius 2 is 1.86 bits per heavy atom. The number of likely N-dealkylation sites (tertiary alicyclic amines) is 1. The van der Waals surface area contributed by atoms with Crippen LogP contribution in [0.25, 0.3) is 0 Å². The Bertz CT molecular complexity index is 649. The van der Waals surface area contributed by atoms with Gasteiger partial charge in [0.15, 0.2) is 0 Å². The van der Waals surface area contributed by atoms with Crippen LogP contribution in [0.3, 0.4) is 0 Å². The van der Waals surface area contributed by atoms with E-state index in [9.17, 15) is 9.59 Å². The SMILES string of the molecule is CC/C=C/CN(C(C)=O)C(=O)C1(NC)CCN(CCCc2ccccc2)CC1. The second-order valence-corrected chi connectivity index (χ2v) is 7.58. The Morgan fingerprint density at radius 1 is 1.18 bits per heavy atom. The summed E-state index contributed by atoms with van der Waals surface area (Å²) in [4.78, 5) is 29.1. The van der Waals surface area contributed by atoms with Gasteiger partial charge in [-0.1, -0.05) is 49.4 Å². The van der Waals surface area contributed by atoms with Crippen LogP contribution >= 0.6 is 0 Å². The van der Waals surface area contributed by atoms with Crippen molar-refractivity contribution >= 4 is 11.8 Å². The average Bonchev–Trinajstić information content (AvgIpc) is 2.72. The zero-order chi connectivity index (χ0) is 20.4. The second-order valence-electron chi connectivity index (χ2n) is 7.58. The van der Waals surface area contributed by atoms with Gasteiger partial charge in [-0.25, -0.2) is 0 Å². The van der Waals surface area contributed by atoms with Crippen LogP contribution in [0.2, 0.25) is 0 Å². The topological polar surface area (TPSA) is 52.7 Å². The molecule has 1 saturated heterocycles. The van der Waals surface area contributed by atoms with E-state index >= 15 is 0 Å². The molecule has 0 unspecified atom stereocenters. The van der Waals surface area contributed by atoms with Crippen LogP contribution in [0.4, 0.5) is 0 Å². The van der Waals surface area contributed by atoms with E-state index in [1.807, 2.05) is 32.2 Å². The fourth-order valence-electron chi connectivity index (χ4n) is 3.84. The molecule has 0 bridgehead atoms. The van der Waals surface area contributed by atoms with Crippen LogP contribution in [0.1, 0.15) is 45.1 Å². The first-order valence-corrected chi connectivity index (χ1v) is 10.4. The van der Waals surface area contributed by atoms with Crippen LogP contribution in [-0.2, 0) is 16.0 Å². The lowest BCUT2D eigenvalue weighted by Crippen LogP contribution is -2.62. The summed E-state index contributed by atoms with van der Waals surface area (Å²) in [5.74, 6) is -0.280. The van der Waals surface area contributed by atoms with E-state index in [0.717, 1.165) is 51.7 Å². The Morgan fingerprint density at radius 3 is 2.43 bits per heavy atom. The smallest absolute Gasteiger partial charge is 0.249 e. The van der Waals surface area contributed by atoms with Crippen molar-refractivity contribution in [1.82, 2.24) is 15.1 Å². The molecule has 0 spiro atoms. The fourth-order valence-corrected chi connectivity index (χ4v) is 3.84. The maximum absolute atomic E-state index is 13.2. The van der Waals surface area contributed by atoms with Crippen LogP contribution in [0.5, 0.6) is 0 Å². The van der Waals surface area contributed by atoms with Gasteiger partial charge in [0.2, 0.25) is 11.8 Å². The number of amides is 2. The number of carbonyl (C=O) groups is 2. The van der Waals surface area contributed by atoms with Gasteiger partial charge in [0.1, 0.15) is 5.54 Å². The van der Waals surface area contributed by atoms with Gasteiger partial charge in [-0.3, -0.25) is 14.5 Å². The highest BCUT2D eigenvalue weighted by atomic mass is 16.2. The van der Waals surface area contributed by atoms with Crippen molar-refractivity contribution in [3.8, 4) is 0 Å². The molecule has 1 aliphatic rings. The molecule has 154 valence electrons. The third-order valence-electron chi connectivity index (χ3n) is 5.70. The molecule has 0 saturated carbocycles. The number of carbonyl (C=O) groups excluding carboxylic acids is 2. The molecule has 2 amide bonds. The minimum absolute atomic E-state index is 0.0906. The average molecular weight is 386 g/mol. The molecule has 0 atom stereocenters. The molecule has 0 aliphatic carbocycles. The number of allylic oxidation sites excluding steroid dienone is 1. The number of hydrogen-bond acceptors (Lipinski definition) is 4. The molecule has 5 nitrogen and oxygen atoms in total. The zero-order valence-electron chi connectivity index (χ0n) is 17.6. The van der Waals surface area contributed by atoms with Gasteiger partial charge in [-0.05, 0) is 51.3 Å². The predicted molar refractivity (Wildman–Crippen MR) is 114 cm³/mol. The summed E-state index contributed by atoms with van der Waals surface area (Å²) in [6.45, 7) is 6.65. The van der Waals surface area contributed by atoms with E-state index < -0.39 is 5.54 Å². The number of aryl methyl sites for hydroxylation is 1. The maximum Gasteiger partial charge on any atom is 0.249 e. The molecule has 1 heterocycles. The Kier molecular flexibility index (Phi) is 8.87. The van der Waals surface area contributed by atoms with Gasteiger partial charge in [0.05, 0.1) is 0 Å². The van der Waals surface area contributed by atoms with E-state index in [1.54, 1.807) is 0 Å². The van der Waals surface area contributed by atoms with E-state index in [0.29, 0.717) is 6.54 Å². The summed E-state index contributed by atoms with van der Waals surface area (Å²) in [7, 11) is 1.84. The number of piperidine rings is 1. The Hall–Kier alpha value is -1.98. The Balaban J connectivity index is 1.89. The molecule has 1 aromatic rings. The Labute approximate surface area is 169 Å². The number of rotatable bonds is 9. The van der Waals surface area contributed by atoms with Gasteiger partial charge >= 0.3 is 0 Å². The number of imide groups is 1. The van der Waals surface area contributed by atoms with Crippen LogP contribution in [0.15, 0.2) is 42.5 Å². The van der Waals surface area contributed by atoms with Gasteiger partial charge < -0.3 is 10.2 Å². The van der Waals surface area contributed by atoms with E-state index in [4.69, 9.17) is 0 Å². The fraction of sp³-hybridized carbons (Fsp3) is 0.565. The molecule has 0 aromatic heterocycles. The molecular formula is C23H35N3O2. The van der Waals surface area contributed by atoms with Gasteiger partial charge in [0.25, 0.3) is 0 Å². The van der Waals surface area contributed by atoms with E-state index in [1.165, 1.54) is 17.4 Å². The van der Waals surface area contributed by atoms with E-state index in [-0.39, 0.29) is 11.8 Å². The number of benzene rings is 1. The molecular weight excluding hydrogens is 350 g/mol. The highest BCUT2D eigenvalue weighted by Gasteiger charge is 2.43. The van der Waals surface area contributed by atoms with Crippen molar-refractivity contribution in [2.45, 2.75) is 51.5 Å². The summed E-state index contributed by atoms with van der Waals surface area (Å²) in [6.07, 6.45) is 8.45. The van der Waals surface area contributed by atoms with Crippen molar-refractivity contribution in [3.05, 3.63) is 48.0 Å². The minimum Gasteiger partial charge on any atom is -0.306 e. The molecule has 1 fully saturated rings. The lowest BCUT2D eigenvalue weighted by atomic mass is 9.85. The third-order valence-corrected chi connectivity index (χ3v) is 5.70. The highest BCUT2D eigenvalue weighted by Crippen LogP contribution is 2.25. The monoisotopic (exact) mass is 385 g/mol. The van der Waals surface area contributed by atoms with Crippen molar-refractivity contribution in [2.24, 2.45) is 0 Å². The molecule has 0 radical (unpaired) electrons. The third kappa shape index (κ3) is 6.01. The number of nitrogens with one attached hydrogen (secondary N) is 1. The largest absolute Gasteiger partial charge is 0.306 e. The number of nitrogens with zero attached hydrogens (tertiary/aromatic N) is 2. The van der Waals surface area contributed by atoms with Crippen LogP contribution < -0.4 is 5.32 Å². The number of hydrogen-bond donors (Lipinski definition) is 1. The normalized spacial score (nSPS) is 17.0. The standard InChI is InChI=1S/C23H35N3O2/c1-4-5-9-17-26(20(2)27)22(28)23(24-3)14-18-25(19-15-23)16-10-13-21-11-7-6-8-12-21/h5-9,11-12,24H,4,10,13-19H2,1-3H3/b9-5+. The van der Waals surface area contributed by atoms with Crippen molar-refractivity contribution in [2.75, 3.05) is 33.2 Å². The van der Waals surface area contributed by atoms with Gasteiger partial charge in [-0.2, -0.15) is 0 Å². The maximum atomic E-state index is 13.2. The summed E-state index contributed by atoms with van der Waals surface area (Å²) in [6, 6.07) is 10.6. The van der Waals surface area contributed by atoms with Crippen molar-refractivity contribution < 1.29 is 9.59 Å². The number of likely N-dealkylation sites (N-methyl/N-ethyl adjacent to an activating group) is 1. The summed E-state index contributed by atoms with van der Waals surface area (Å²) in [5.41, 5.74) is 0.735. The van der Waals surface area contributed by atoms with Crippen molar-refractivity contribution in [1.29, 1.82) is 0 Å². The first kappa shape index (κ1) is 22.3. The van der Waals surface area contributed by atoms with Gasteiger partial charge in [-0.15, -0.1) is 0 Å². The van der Waals surface area contributed by atoms with Crippen LogP contribution in [0, 0.1) is 0 Å². The first-order chi connectivity index (χ1) is 13.5. The summed E-state index contributed by atoms with van der Waals surface area (Å²) < 4.78 is 0. The molecule has 1 N–H and O–H groups in total. The molecule has 5 heteroatoms. The lowest BCUT2D eigenvalue weighted by molar-refractivity contribution is -0.149. The second kappa shape index (κ2) is 11.1. The molecule has 1 aromatic carbocycles. The van der Waals surface area contributed by atoms with Crippen LogP contribution in [-0.4, -0.2) is 60.4 Å². The van der Waals surface area contributed by atoms with Gasteiger partial charge in [0, 0.05) is 26.6 Å². The molecule has 1 aliphatic heterocycles. The quantitative estimate of drug-likeness (QED) is 0.664. The molecule has 2 rings (SSSR count). The van der Waals surface area contributed by atoms with Crippen molar-refractivity contribution in [3.63, 3.8) is 0 Å². The molecule has 28 heavy (non-hydrogen) atoms. The van der Waals surface area contributed by atoms with E-state index in [2.05, 4.69) is 34.5 Å². The lowest BCUT2D eigenvalue weighted by Gasteiger charge is -2.42.